The third kappa shape index (κ3) is 3.58. The molecule has 12 heteroatoms. The van der Waals surface area contributed by atoms with Crippen molar-refractivity contribution in [2.24, 2.45) is 17.6 Å². The fourth-order valence-corrected chi connectivity index (χ4v) is 5.84. The lowest BCUT2D eigenvalue weighted by molar-refractivity contribution is -0.163. The highest BCUT2D eigenvalue weighted by atomic mass is 32.2. The number of aromatic nitrogens is 1. The minimum Gasteiger partial charge on any atom is -0.477 e. The van der Waals surface area contributed by atoms with E-state index in [9.17, 15) is 24.6 Å². The van der Waals surface area contributed by atoms with Crippen molar-refractivity contribution in [3.05, 3.63) is 22.6 Å². The lowest BCUT2D eigenvalue weighted by atomic mass is 9.79. The number of aliphatic hydroxyl groups excluding tert-OH is 1. The molecule has 3 aliphatic heterocycles. The maximum Gasteiger partial charge on any atom is 0.353 e. The predicted molar refractivity (Wildman–Crippen MR) is 111 cm³/mol. The number of carboxylic acid groups (broad SMARTS) is 1. The van der Waals surface area contributed by atoms with Crippen LogP contribution in [-0.4, -0.2) is 81.5 Å². The molecule has 0 aliphatic carbocycles. The van der Waals surface area contributed by atoms with Crippen molar-refractivity contribution >= 4 is 35.6 Å². The first kappa shape index (κ1) is 21.7. The van der Waals surface area contributed by atoms with Crippen LogP contribution in [0.1, 0.15) is 24.3 Å². The zero-order chi connectivity index (χ0) is 22.4. The fraction of sp³-hybridized carbons (Fsp3) is 0.579. The van der Waals surface area contributed by atoms with Gasteiger partial charge >= 0.3 is 5.97 Å². The standard InChI is InChI=1S/C19H25N5O6S/c1-8-13-12(9(2)25)17(27)24(13)14(18(28)29)15(8)31-10-5-23(6-10)19-22-11(7-30-19)16(26)21-4-3-20/h7-10,12-13,25H,3-6,20H2,1-2H3,(H,21,26)(H,28,29)/t8-,9-,12?,13?/m1/s1. The van der Waals surface area contributed by atoms with Gasteiger partial charge in [0.2, 0.25) is 5.91 Å². The number of thioether (sulfide) groups is 1. The van der Waals surface area contributed by atoms with E-state index in [0.29, 0.717) is 37.1 Å². The Morgan fingerprint density at radius 3 is 2.77 bits per heavy atom. The van der Waals surface area contributed by atoms with E-state index >= 15 is 0 Å². The Hall–Kier alpha value is -2.57. The molecule has 1 aromatic heterocycles. The quantitative estimate of drug-likeness (QED) is 0.377. The largest absolute Gasteiger partial charge is 0.477 e. The van der Waals surface area contributed by atoms with Crippen molar-refractivity contribution in [3.63, 3.8) is 0 Å². The molecule has 2 fully saturated rings. The second-order valence-corrected chi connectivity index (χ2v) is 9.32. The maximum atomic E-state index is 12.4. The van der Waals surface area contributed by atoms with E-state index < -0.39 is 18.0 Å². The first-order valence-corrected chi connectivity index (χ1v) is 11.0. The third-order valence-corrected chi connectivity index (χ3v) is 7.33. The molecular weight excluding hydrogens is 426 g/mol. The normalized spacial score (nSPS) is 26.5. The van der Waals surface area contributed by atoms with E-state index in [4.69, 9.17) is 10.2 Å². The van der Waals surface area contributed by atoms with Crippen LogP contribution in [0.3, 0.4) is 0 Å². The smallest absolute Gasteiger partial charge is 0.353 e. The number of rotatable bonds is 8. The maximum absolute atomic E-state index is 12.4. The molecule has 0 spiro atoms. The average molecular weight is 452 g/mol. The van der Waals surface area contributed by atoms with Gasteiger partial charge in [-0.15, -0.1) is 11.8 Å². The summed E-state index contributed by atoms with van der Waals surface area (Å²) in [6.45, 7) is 5.26. The molecule has 168 valence electrons. The van der Waals surface area contributed by atoms with Crippen LogP contribution in [0.25, 0.3) is 0 Å². The molecule has 4 rings (SSSR count). The number of oxazole rings is 1. The van der Waals surface area contributed by atoms with E-state index in [1.165, 1.54) is 22.9 Å². The summed E-state index contributed by atoms with van der Waals surface area (Å²) >= 11 is 1.44. The SMILES string of the molecule is C[C@@H](O)C1C(=O)N2C(C(=O)O)=C(SC3CN(c4nc(C(=O)NCCN)co4)C3)[C@H](C)C12. The van der Waals surface area contributed by atoms with Crippen LogP contribution in [0.4, 0.5) is 6.01 Å². The van der Waals surface area contributed by atoms with Crippen LogP contribution in [-0.2, 0) is 9.59 Å². The highest BCUT2D eigenvalue weighted by molar-refractivity contribution is 8.03. The molecule has 2 saturated heterocycles. The van der Waals surface area contributed by atoms with E-state index in [0.717, 1.165) is 0 Å². The van der Waals surface area contributed by atoms with Gasteiger partial charge in [0.1, 0.15) is 12.0 Å². The molecule has 11 nitrogen and oxygen atoms in total. The summed E-state index contributed by atoms with van der Waals surface area (Å²) in [6.07, 6.45) is 0.467. The lowest BCUT2D eigenvalue weighted by Crippen LogP contribution is -2.63. The fourth-order valence-electron chi connectivity index (χ4n) is 4.32. The van der Waals surface area contributed by atoms with Gasteiger partial charge in [-0.25, -0.2) is 4.79 Å². The number of nitrogens with one attached hydrogen (secondary N) is 1. The van der Waals surface area contributed by atoms with Crippen LogP contribution in [0, 0.1) is 11.8 Å². The molecule has 2 amide bonds. The van der Waals surface area contributed by atoms with Crippen LogP contribution in [0.15, 0.2) is 21.3 Å². The molecule has 0 bridgehead atoms. The molecule has 0 aromatic carbocycles. The van der Waals surface area contributed by atoms with Gasteiger partial charge < -0.3 is 35.5 Å². The van der Waals surface area contributed by atoms with E-state index in [2.05, 4.69) is 10.3 Å². The number of carbonyl (C=O) groups is 3. The van der Waals surface area contributed by atoms with Crippen LogP contribution >= 0.6 is 11.8 Å². The zero-order valence-electron chi connectivity index (χ0n) is 17.1. The molecule has 0 radical (unpaired) electrons. The minimum atomic E-state index is -1.13. The molecule has 3 aliphatic rings. The Morgan fingerprint density at radius 2 is 2.16 bits per heavy atom. The number of nitrogens with zero attached hydrogens (tertiary/aromatic N) is 3. The summed E-state index contributed by atoms with van der Waals surface area (Å²) in [5, 5.41) is 22.3. The Balaban J connectivity index is 1.40. The number of nitrogens with two attached hydrogens (primary N) is 1. The summed E-state index contributed by atoms with van der Waals surface area (Å²) in [6, 6.07) is 0.00781. The topological polar surface area (TPSA) is 162 Å². The predicted octanol–water partition coefficient (Wildman–Crippen LogP) is -0.561. The van der Waals surface area contributed by atoms with Gasteiger partial charge in [-0.05, 0) is 6.92 Å². The first-order chi connectivity index (χ1) is 14.7. The van der Waals surface area contributed by atoms with Crippen LogP contribution in [0.5, 0.6) is 0 Å². The molecule has 2 unspecified atom stereocenters. The number of aliphatic hydroxyl groups is 1. The second-order valence-electron chi connectivity index (χ2n) is 7.98. The highest BCUT2D eigenvalue weighted by Crippen LogP contribution is 2.52. The van der Waals surface area contributed by atoms with Gasteiger partial charge in [0.05, 0.1) is 18.1 Å². The van der Waals surface area contributed by atoms with Crippen molar-refractivity contribution in [1.82, 2.24) is 15.2 Å². The number of amides is 2. The van der Waals surface area contributed by atoms with Gasteiger partial charge in [-0.1, -0.05) is 6.92 Å². The summed E-state index contributed by atoms with van der Waals surface area (Å²) in [5.74, 6) is -2.56. The molecule has 5 N–H and O–H groups in total. The molecule has 0 saturated carbocycles. The number of hydrogen-bond acceptors (Lipinski definition) is 9. The van der Waals surface area contributed by atoms with E-state index in [1.54, 1.807) is 6.92 Å². The Morgan fingerprint density at radius 1 is 1.45 bits per heavy atom. The van der Waals surface area contributed by atoms with Gasteiger partial charge in [0, 0.05) is 42.3 Å². The van der Waals surface area contributed by atoms with Crippen molar-refractivity contribution in [2.45, 2.75) is 31.2 Å². The van der Waals surface area contributed by atoms with Crippen molar-refractivity contribution in [3.8, 4) is 0 Å². The summed E-state index contributed by atoms with van der Waals surface area (Å²) < 4.78 is 5.39. The number of fused-ring (bicyclic) bond motifs is 1. The number of aliphatic carboxylic acids is 1. The van der Waals surface area contributed by atoms with Gasteiger partial charge in [-0.2, -0.15) is 4.98 Å². The van der Waals surface area contributed by atoms with Crippen molar-refractivity contribution < 1.29 is 29.0 Å². The summed E-state index contributed by atoms with van der Waals surface area (Å²) in [5.41, 5.74) is 5.57. The molecule has 4 atom stereocenters. The molecular formula is C19H25N5O6S. The van der Waals surface area contributed by atoms with Crippen molar-refractivity contribution in [2.75, 3.05) is 31.1 Å². The highest BCUT2D eigenvalue weighted by Gasteiger charge is 2.60. The lowest BCUT2D eigenvalue weighted by Gasteiger charge is -2.46. The number of anilines is 1. The van der Waals surface area contributed by atoms with Crippen molar-refractivity contribution in [1.29, 1.82) is 0 Å². The molecule has 1 aromatic rings. The van der Waals surface area contributed by atoms with Crippen LogP contribution < -0.4 is 16.0 Å². The first-order valence-electron chi connectivity index (χ1n) is 10.1. The van der Waals surface area contributed by atoms with Gasteiger partial charge in [-0.3, -0.25) is 9.59 Å². The molecule has 4 heterocycles. The number of carbonyl (C=O) groups excluding carboxylic acids is 2. The number of hydrogen-bond donors (Lipinski definition) is 4. The van der Waals surface area contributed by atoms with Gasteiger partial charge in [0.25, 0.3) is 11.9 Å². The monoisotopic (exact) mass is 451 g/mol. The summed E-state index contributed by atoms with van der Waals surface area (Å²) in [7, 11) is 0. The Bertz CT molecular complexity index is 940. The number of β-lactam (4-membered cyclic amide) rings is 1. The van der Waals surface area contributed by atoms with Crippen LogP contribution in [0.2, 0.25) is 0 Å². The third-order valence-electron chi connectivity index (χ3n) is 5.88. The average Bonchev–Trinajstić information content (AvgIpc) is 3.24. The Labute approximate surface area is 182 Å². The summed E-state index contributed by atoms with van der Waals surface area (Å²) in [4.78, 5) is 44.2. The minimum absolute atomic E-state index is 0.0258. The zero-order valence-corrected chi connectivity index (χ0v) is 18.0. The number of carboxylic acids is 1. The van der Waals surface area contributed by atoms with E-state index in [1.807, 2.05) is 11.8 Å². The van der Waals surface area contributed by atoms with E-state index in [-0.39, 0.29) is 40.4 Å². The second kappa shape index (κ2) is 8.17. The molecule has 31 heavy (non-hydrogen) atoms. The Kier molecular flexibility index (Phi) is 5.71. The van der Waals surface area contributed by atoms with Gasteiger partial charge in [0.15, 0.2) is 5.69 Å².